The van der Waals surface area contributed by atoms with Crippen LogP contribution in [0.1, 0.15) is 12.5 Å². The molecule has 0 aliphatic carbocycles. The Labute approximate surface area is 169 Å². The van der Waals surface area contributed by atoms with Crippen molar-refractivity contribution < 1.29 is 13.2 Å². The molecule has 3 rings (SSSR count). The summed E-state index contributed by atoms with van der Waals surface area (Å²) in [5.41, 5.74) is 1.72. The fraction of sp³-hybridized carbons (Fsp3) is 0.250. The van der Waals surface area contributed by atoms with E-state index in [1.54, 1.807) is 6.08 Å². The first-order valence-electron chi connectivity index (χ1n) is 7.84. The molecular formula is C16H16BrN5O3S2. The number of thioether (sulfide) groups is 1. The van der Waals surface area contributed by atoms with Gasteiger partial charge in [0.05, 0.1) is 17.0 Å². The van der Waals surface area contributed by atoms with Crippen molar-refractivity contribution in [3.8, 4) is 0 Å². The molecule has 1 amide bonds. The molecule has 0 saturated carbocycles. The number of aliphatic imine (C=N–C) groups is 1. The van der Waals surface area contributed by atoms with Crippen LogP contribution in [0.4, 0.5) is 5.69 Å². The highest BCUT2D eigenvalue weighted by atomic mass is 79.9. The monoisotopic (exact) mass is 469 g/mol. The molecule has 0 radical (unpaired) electrons. The van der Waals surface area contributed by atoms with Crippen molar-refractivity contribution >= 4 is 70.6 Å². The Kier molecular flexibility index (Phi) is 5.28. The van der Waals surface area contributed by atoms with Crippen molar-refractivity contribution in [3.05, 3.63) is 33.8 Å². The summed E-state index contributed by atoms with van der Waals surface area (Å²) < 4.78 is 24.7. The van der Waals surface area contributed by atoms with E-state index < -0.39 is 15.7 Å². The molecule has 0 aromatic heterocycles. The first kappa shape index (κ1) is 19.8. The third-order valence-corrected chi connectivity index (χ3v) is 7.57. The molecule has 0 saturated heterocycles. The molecular weight excluding hydrogens is 454 g/mol. The summed E-state index contributed by atoms with van der Waals surface area (Å²) >= 11 is 4.27. The number of benzene rings is 1. The van der Waals surface area contributed by atoms with Gasteiger partial charge in [-0.3, -0.25) is 10.2 Å². The third kappa shape index (κ3) is 3.71. The summed E-state index contributed by atoms with van der Waals surface area (Å²) in [5.74, 6) is -0.917. The zero-order chi connectivity index (χ0) is 19.9. The summed E-state index contributed by atoms with van der Waals surface area (Å²) in [4.78, 5) is 18.2. The number of anilines is 1. The predicted molar refractivity (Wildman–Crippen MR) is 113 cm³/mol. The third-order valence-electron chi connectivity index (χ3n) is 3.85. The molecule has 2 heterocycles. The number of nitrogens with zero attached hydrogens (tertiary/aromatic N) is 4. The second kappa shape index (κ2) is 7.21. The number of hydrazone groups is 1. The molecule has 8 nitrogen and oxygen atoms in total. The summed E-state index contributed by atoms with van der Waals surface area (Å²) in [6, 6.07) is 5.54. The van der Waals surface area contributed by atoms with Crippen LogP contribution < -0.4 is 4.90 Å². The minimum absolute atomic E-state index is 0.0442. The Morgan fingerprint density at radius 1 is 1.37 bits per heavy atom. The topological polar surface area (TPSA) is 106 Å². The number of rotatable bonds is 3. The van der Waals surface area contributed by atoms with E-state index in [2.05, 4.69) is 26.0 Å². The molecule has 27 heavy (non-hydrogen) atoms. The number of amidine groups is 2. The molecule has 2 aliphatic heterocycles. The van der Waals surface area contributed by atoms with Crippen molar-refractivity contribution in [2.45, 2.75) is 6.92 Å². The van der Waals surface area contributed by atoms with E-state index in [0.717, 1.165) is 26.9 Å². The van der Waals surface area contributed by atoms with Crippen LogP contribution in [-0.2, 0) is 14.6 Å². The smallest absolute Gasteiger partial charge is 0.283 e. The Morgan fingerprint density at radius 3 is 2.67 bits per heavy atom. The van der Waals surface area contributed by atoms with Gasteiger partial charge in [0.15, 0.2) is 5.84 Å². The molecule has 1 aromatic rings. The number of fused-ring (bicyclic) bond motifs is 1. The highest BCUT2D eigenvalue weighted by Crippen LogP contribution is 2.31. The van der Waals surface area contributed by atoms with Crippen molar-refractivity contribution in [1.29, 1.82) is 5.41 Å². The average molecular weight is 470 g/mol. The molecule has 2 aliphatic rings. The van der Waals surface area contributed by atoms with Crippen molar-refractivity contribution in [3.63, 3.8) is 0 Å². The van der Waals surface area contributed by atoms with Crippen molar-refractivity contribution in [2.75, 3.05) is 24.7 Å². The number of halogens is 1. The maximum atomic E-state index is 12.4. The van der Waals surface area contributed by atoms with E-state index in [1.807, 2.05) is 37.2 Å². The lowest BCUT2D eigenvalue weighted by molar-refractivity contribution is -0.114. The van der Waals surface area contributed by atoms with E-state index >= 15 is 0 Å². The summed E-state index contributed by atoms with van der Waals surface area (Å²) in [5, 5.41) is 13.4. The van der Waals surface area contributed by atoms with Crippen LogP contribution in [0, 0.1) is 5.41 Å². The van der Waals surface area contributed by atoms with E-state index in [1.165, 1.54) is 6.92 Å². The second-order valence-corrected chi connectivity index (χ2v) is 10.2. The Balaban J connectivity index is 1.98. The number of hydrogen-bond acceptors (Lipinski definition) is 7. The zero-order valence-corrected chi connectivity index (χ0v) is 17.9. The molecule has 0 spiro atoms. The summed E-state index contributed by atoms with van der Waals surface area (Å²) in [6.07, 6.45) is 1.54. The SMILES string of the molecule is CCS(=O)(=O)C1=NN2C(=N)/C(=C\c3ccc(N(C)C)c(Br)c3)C(=O)N=C2S1. The standard InChI is InChI=1S/C16H16BrN5O3S2/c1-4-27(24,25)16-20-22-13(18)10(14(23)19-15(22)26-16)7-9-5-6-12(21(2)3)11(17)8-9/h5-8,18H,4H2,1-3H3/b10-7+,18-13?. The Hall–Kier alpha value is -1.98. The fourth-order valence-corrected chi connectivity index (χ4v) is 5.28. The number of carbonyl (C=O) groups is 1. The fourth-order valence-electron chi connectivity index (χ4n) is 2.37. The minimum Gasteiger partial charge on any atom is -0.377 e. The van der Waals surface area contributed by atoms with Crippen LogP contribution in [0.3, 0.4) is 0 Å². The van der Waals surface area contributed by atoms with Gasteiger partial charge in [-0.2, -0.15) is 10.0 Å². The zero-order valence-electron chi connectivity index (χ0n) is 14.7. The predicted octanol–water partition coefficient (Wildman–Crippen LogP) is 2.53. The van der Waals surface area contributed by atoms with Gasteiger partial charge < -0.3 is 4.90 Å². The molecule has 1 aromatic carbocycles. The van der Waals surface area contributed by atoms with Gasteiger partial charge in [0, 0.05) is 18.6 Å². The summed E-state index contributed by atoms with van der Waals surface area (Å²) in [7, 11) is 0.293. The van der Waals surface area contributed by atoms with Crippen LogP contribution >= 0.6 is 27.7 Å². The lowest BCUT2D eigenvalue weighted by Crippen LogP contribution is -2.35. The first-order valence-corrected chi connectivity index (χ1v) is 11.1. The van der Waals surface area contributed by atoms with Gasteiger partial charge in [0.2, 0.25) is 19.4 Å². The first-order chi connectivity index (χ1) is 12.6. The Bertz CT molecular complexity index is 1040. The lowest BCUT2D eigenvalue weighted by atomic mass is 10.1. The van der Waals surface area contributed by atoms with Gasteiger partial charge in [-0.15, -0.1) is 5.10 Å². The lowest BCUT2D eigenvalue weighted by Gasteiger charge is -2.20. The summed E-state index contributed by atoms with van der Waals surface area (Å²) in [6.45, 7) is 1.51. The van der Waals surface area contributed by atoms with Gasteiger partial charge in [-0.25, -0.2) is 8.42 Å². The minimum atomic E-state index is -3.54. The van der Waals surface area contributed by atoms with E-state index in [4.69, 9.17) is 5.41 Å². The number of sulfone groups is 1. The quantitative estimate of drug-likeness (QED) is 0.681. The highest BCUT2D eigenvalue weighted by Gasteiger charge is 2.39. The molecule has 0 atom stereocenters. The molecule has 0 bridgehead atoms. The largest absolute Gasteiger partial charge is 0.377 e. The molecule has 142 valence electrons. The second-order valence-electron chi connectivity index (χ2n) is 5.89. The molecule has 0 fully saturated rings. The van der Waals surface area contributed by atoms with Crippen LogP contribution in [0.15, 0.2) is 38.3 Å². The van der Waals surface area contributed by atoms with Gasteiger partial charge in [0.1, 0.15) is 0 Å². The number of hydrogen-bond donors (Lipinski definition) is 1. The van der Waals surface area contributed by atoms with Gasteiger partial charge in [0.25, 0.3) is 5.91 Å². The van der Waals surface area contributed by atoms with Crippen molar-refractivity contribution in [2.24, 2.45) is 10.1 Å². The average Bonchev–Trinajstić information content (AvgIpc) is 3.03. The van der Waals surface area contributed by atoms with E-state index in [-0.39, 0.29) is 26.7 Å². The normalized spacial score (nSPS) is 18.5. The van der Waals surface area contributed by atoms with E-state index in [9.17, 15) is 13.2 Å². The van der Waals surface area contributed by atoms with Gasteiger partial charge >= 0.3 is 0 Å². The van der Waals surface area contributed by atoms with Gasteiger partial charge in [-0.05, 0) is 51.5 Å². The van der Waals surface area contributed by atoms with Crippen LogP contribution in [-0.4, -0.2) is 54.6 Å². The maximum absolute atomic E-state index is 12.4. The molecule has 1 N–H and O–H groups in total. The maximum Gasteiger partial charge on any atom is 0.283 e. The number of nitrogens with one attached hydrogen (secondary N) is 1. The molecule has 0 unspecified atom stereocenters. The van der Waals surface area contributed by atoms with Gasteiger partial charge in [-0.1, -0.05) is 13.0 Å². The Morgan fingerprint density at radius 2 is 2.07 bits per heavy atom. The number of carbonyl (C=O) groups excluding carboxylic acids is 1. The van der Waals surface area contributed by atoms with Crippen LogP contribution in [0.25, 0.3) is 6.08 Å². The van der Waals surface area contributed by atoms with Crippen molar-refractivity contribution in [1.82, 2.24) is 5.01 Å². The number of amides is 1. The van der Waals surface area contributed by atoms with E-state index in [0.29, 0.717) is 5.56 Å². The highest BCUT2D eigenvalue weighted by molar-refractivity contribution is 9.10. The molecule has 11 heteroatoms. The van der Waals surface area contributed by atoms with Crippen LogP contribution in [0.5, 0.6) is 0 Å². The van der Waals surface area contributed by atoms with Crippen LogP contribution in [0.2, 0.25) is 0 Å².